The molecule has 2 rings (SSSR count). The van der Waals surface area contributed by atoms with E-state index in [-0.39, 0.29) is 0 Å². The Morgan fingerprint density at radius 1 is 1.19 bits per heavy atom. The van der Waals surface area contributed by atoms with Crippen molar-refractivity contribution in [2.75, 3.05) is 19.8 Å². The first kappa shape index (κ1) is 12.1. The van der Waals surface area contributed by atoms with Crippen LogP contribution in [0.1, 0.15) is 18.4 Å². The molecule has 0 atom stereocenters. The molecular weight excluding hydrogens is 266 g/mol. The molecule has 1 aliphatic heterocycles. The number of hydrogen-bond donors (Lipinski definition) is 1. The van der Waals surface area contributed by atoms with E-state index < -0.39 is 0 Å². The monoisotopic (exact) mass is 283 g/mol. The fraction of sp³-hybridized carbons (Fsp3) is 0.538. The molecule has 1 aliphatic rings. The molecule has 1 aromatic carbocycles. The van der Waals surface area contributed by atoms with Crippen LogP contribution in [0.3, 0.4) is 0 Å². The highest BCUT2D eigenvalue weighted by Gasteiger charge is 2.12. The summed E-state index contributed by atoms with van der Waals surface area (Å²) in [5.41, 5.74) is 1.34. The van der Waals surface area contributed by atoms with Crippen molar-refractivity contribution >= 4 is 15.9 Å². The van der Waals surface area contributed by atoms with Gasteiger partial charge in [-0.3, -0.25) is 0 Å². The van der Waals surface area contributed by atoms with Crippen molar-refractivity contribution < 1.29 is 4.74 Å². The molecule has 1 N–H and O–H groups in total. The van der Waals surface area contributed by atoms with Crippen LogP contribution in [0.4, 0.5) is 0 Å². The molecule has 16 heavy (non-hydrogen) atoms. The van der Waals surface area contributed by atoms with Crippen LogP contribution in [0, 0.1) is 5.92 Å². The van der Waals surface area contributed by atoms with E-state index in [4.69, 9.17) is 4.74 Å². The van der Waals surface area contributed by atoms with Gasteiger partial charge in [0, 0.05) is 24.2 Å². The number of hydrogen-bond acceptors (Lipinski definition) is 2. The van der Waals surface area contributed by atoms with E-state index in [0.29, 0.717) is 0 Å². The average Bonchev–Trinajstić information content (AvgIpc) is 2.33. The maximum atomic E-state index is 5.34. The van der Waals surface area contributed by atoms with Crippen molar-refractivity contribution in [1.29, 1.82) is 0 Å². The van der Waals surface area contributed by atoms with Crippen molar-refractivity contribution in [3.63, 3.8) is 0 Å². The quantitative estimate of drug-likeness (QED) is 0.917. The lowest BCUT2D eigenvalue weighted by atomic mass is 10.0. The molecule has 0 aromatic heterocycles. The van der Waals surface area contributed by atoms with E-state index in [9.17, 15) is 0 Å². The summed E-state index contributed by atoms with van der Waals surface area (Å²) < 4.78 is 6.48. The fourth-order valence-corrected chi connectivity index (χ4v) is 2.24. The first-order chi connectivity index (χ1) is 7.84. The lowest BCUT2D eigenvalue weighted by Gasteiger charge is -2.22. The number of nitrogens with one attached hydrogen (secondary N) is 1. The van der Waals surface area contributed by atoms with Gasteiger partial charge in [0.05, 0.1) is 0 Å². The van der Waals surface area contributed by atoms with Crippen LogP contribution in [0.5, 0.6) is 0 Å². The Kier molecular flexibility index (Phi) is 4.82. The zero-order chi connectivity index (χ0) is 11.2. The van der Waals surface area contributed by atoms with Gasteiger partial charge in [0.15, 0.2) is 0 Å². The minimum Gasteiger partial charge on any atom is -0.381 e. The van der Waals surface area contributed by atoms with Crippen LogP contribution >= 0.6 is 15.9 Å². The second-order valence-corrected chi connectivity index (χ2v) is 5.23. The average molecular weight is 284 g/mol. The van der Waals surface area contributed by atoms with Crippen LogP contribution in [0.15, 0.2) is 28.7 Å². The van der Waals surface area contributed by atoms with Crippen molar-refractivity contribution in [3.8, 4) is 0 Å². The van der Waals surface area contributed by atoms with E-state index in [1.54, 1.807) is 0 Å². The zero-order valence-corrected chi connectivity index (χ0v) is 11.0. The Hall–Kier alpha value is -0.380. The predicted molar refractivity (Wildman–Crippen MR) is 69.4 cm³/mol. The van der Waals surface area contributed by atoms with Crippen molar-refractivity contribution in [2.45, 2.75) is 19.4 Å². The van der Waals surface area contributed by atoms with Crippen molar-refractivity contribution in [1.82, 2.24) is 5.32 Å². The van der Waals surface area contributed by atoms with Crippen LogP contribution < -0.4 is 5.32 Å². The standard InChI is InChI=1S/C13H18BrNO/c14-13-3-1-11(2-4-13)9-15-10-12-5-7-16-8-6-12/h1-4,12,15H,5-10H2. The molecule has 2 nitrogen and oxygen atoms in total. The molecule has 0 spiro atoms. The Balaban J connectivity index is 1.69. The highest BCUT2D eigenvalue weighted by molar-refractivity contribution is 9.10. The predicted octanol–water partition coefficient (Wildman–Crippen LogP) is 2.97. The van der Waals surface area contributed by atoms with E-state index in [2.05, 4.69) is 45.5 Å². The van der Waals surface area contributed by atoms with Crippen LogP contribution in [-0.2, 0) is 11.3 Å². The topological polar surface area (TPSA) is 21.3 Å². The Labute approximate surface area is 106 Å². The Morgan fingerprint density at radius 3 is 2.56 bits per heavy atom. The summed E-state index contributed by atoms with van der Waals surface area (Å²) in [5.74, 6) is 0.796. The molecule has 1 saturated heterocycles. The van der Waals surface area contributed by atoms with Gasteiger partial charge in [-0.2, -0.15) is 0 Å². The maximum absolute atomic E-state index is 5.34. The first-order valence-electron chi connectivity index (χ1n) is 5.87. The third-order valence-corrected chi connectivity index (χ3v) is 3.54. The SMILES string of the molecule is Brc1ccc(CNCC2CCOCC2)cc1. The lowest BCUT2D eigenvalue weighted by molar-refractivity contribution is 0.0662. The van der Waals surface area contributed by atoms with E-state index in [1.165, 1.54) is 18.4 Å². The molecule has 3 heteroatoms. The second kappa shape index (κ2) is 6.38. The van der Waals surface area contributed by atoms with Gasteiger partial charge in [0.25, 0.3) is 0 Å². The molecule has 0 amide bonds. The van der Waals surface area contributed by atoms with Crippen LogP contribution in [0.2, 0.25) is 0 Å². The lowest BCUT2D eigenvalue weighted by Crippen LogP contribution is -2.27. The maximum Gasteiger partial charge on any atom is 0.0469 e. The van der Waals surface area contributed by atoms with Gasteiger partial charge in [-0.25, -0.2) is 0 Å². The van der Waals surface area contributed by atoms with Crippen molar-refractivity contribution in [2.24, 2.45) is 5.92 Å². The molecule has 1 aromatic rings. The summed E-state index contributed by atoms with van der Waals surface area (Å²) in [7, 11) is 0. The molecule has 88 valence electrons. The summed E-state index contributed by atoms with van der Waals surface area (Å²) in [4.78, 5) is 0. The molecule has 0 radical (unpaired) electrons. The summed E-state index contributed by atoms with van der Waals surface area (Å²) in [5, 5.41) is 3.52. The molecule has 0 saturated carbocycles. The minimum absolute atomic E-state index is 0.796. The summed E-state index contributed by atoms with van der Waals surface area (Å²) in [6.45, 7) is 3.94. The molecule has 1 heterocycles. The highest BCUT2D eigenvalue weighted by Crippen LogP contribution is 2.14. The van der Waals surface area contributed by atoms with Gasteiger partial charge in [-0.15, -0.1) is 0 Å². The molecule has 1 fully saturated rings. The van der Waals surface area contributed by atoms with Gasteiger partial charge in [0.2, 0.25) is 0 Å². The molecular formula is C13H18BrNO. The number of halogens is 1. The molecule has 0 bridgehead atoms. The molecule has 0 aliphatic carbocycles. The summed E-state index contributed by atoms with van der Waals surface area (Å²) in [6, 6.07) is 8.49. The first-order valence-corrected chi connectivity index (χ1v) is 6.67. The smallest absolute Gasteiger partial charge is 0.0469 e. The molecule has 0 unspecified atom stereocenters. The number of rotatable bonds is 4. The highest BCUT2D eigenvalue weighted by atomic mass is 79.9. The van der Waals surface area contributed by atoms with Gasteiger partial charge in [0.1, 0.15) is 0 Å². The van der Waals surface area contributed by atoms with E-state index >= 15 is 0 Å². The van der Waals surface area contributed by atoms with E-state index in [1.807, 2.05) is 0 Å². The zero-order valence-electron chi connectivity index (χ0n) is 9.42. The van der Waals surface area contributed by atoms with Crippen molar-refractivity contribution in [3.05, 3.63) is 34.3 Å². The van der Waals surface area contributed by atoms with Gasteiger partial charge in [-0.05, 0) is 43.0 Å². The summed E-state index contributed by atoms with van der Waals surface area (Å²) >= 11 is 3.44. The fourth-order valence-electron chi connectivity index (χ4n) is 1.97. The largest absolute Gasteiger partial charge is 0.381 e. The van der Waals surface area contributed by atoms with Crippen LogP contribution in [-0.4, -0.2) is 19.8 Å². The van der Waals surface area contributed by atoms with E-state index in [0.717, 1.165) is 36.7 Å². The van der Waals surface area contributed by atoms with Gasteiger partial charge >= 0.3 is 0 Å². The number of benzene rings is 1. The third kappa shape index (κ3) is 3.89. The minimum atomic E-state index is 0.796. The van der Waals surface area contributed by atoms with Gasteiger partial charge < -0.3 is 10.1 Å². The van der Waals surface area contributed by atoms with Gasteiger partial charge in [-0.1, -0.05) is 28.1 Å². The number of ether oxygens (including phenoxy) is 1. The Morgan fingerprint density at radius 2 is 1.88 bits per heavy atom. The second-order valence-electron chi connectivity index (χ2n) is 4.31. The normalized spacial score (nSPS) is 17.6. The van der Waals surface area contributed by atoms with Crippen LogP contribution in [0.25, 0.3) is 0 Å². The third-order valence-electron chi connectivity index (χ3n) is 3.02. The summed E-state index contributed by atoms with van der Waals surface area (Å²) in [6.07, 6.45) is 2.40. The Bertz CT molecular complexity index is 306.